The second-order valence-corrected chi connectivity index (χ2v) is 8.59. The molecule has 1 saturated heterocycles. The van der Waals surface area contributed by atoms with E-state index in [1.54, 1.807) is 18.5 Å². The highest BCUT2D eigenvalue weighted by Gasteiger charge is 2.26. The third-order valence-corrected chi connectivity index (χ3v) is 5.96. The van der Waals surface area contributed by atoms with E-state index in [2.05, 4.69) is 22.1 Å². The summed E-state index contributed by atoms with van der Waals surface area (Å²) in [5, 5.41) is 3.08. The summed E-state index contributed by atoms with van der Waals surface area (Å²) in [6.45, 7) is 3.41. The molecule has 9 nitrogen and oxygen atoms in total. The fourth-order valence-corrected chi connectivity index (χ4v) is 4.35. The predicted molar refractivity (Wildman–Crippen MR) is 135 cm³/mol. The second kappa shape index (κ2) is 9.60. The van der Waals surface area contributed by atoms with E-state index >= 15 is 0 Å². The van der Waals surface area contributed by atoms with Crippen LogP contribution in [0.5, 0.6) is 0 Å². The Hall–Kier alpha value is -3.42. The van der Waals surface area contributed by atoms with Crippen molar-refractivity contribution in [3.63, 3.8) is 0 Å². The number of para-hydroxylation sites is 1. The number of piperidine rings is 1. The normalized spacial score (nSPS) is 15.8. The molecule has 1 atom stereocenters. The Labute approximate surface area is 196 Å². The quantitative estimate of drug-likeness (QED) is 0.432. The third-order valence-electron chi connectivity index (χ3n) is 5.73. The number of hydrogen-bond donors (Lipinski definition) is 2. The monoisotopic (exact) mass is 465 g/mol. The third kappa shape index (κ3) is 4.55. The van der Waals surface area contributed by atoms with Crippen LogP contribution in [-0.4, -0.2) is 42.8 Å². The zero-order chi connectivity index (χ0) is 23.5. The maximum atomic E-state index is 13.5. The van der Waals surface area contributed by atoms with Gasteiger partial charge in [-0.25, -0.2) is 4.79 Å². The minimum absolute atomic E-state index is 0.0335. The van der Waals surface area contributed by atoms with Gasteiger partial charge in [0, 0.05) is 31.9 Å². The van der Waals surface area contributed by atoms with E-state index in [0.717, 1.165) is 29.6 Å². The Morgan fingerprint density at radius 2 is 2.03 bits per heavy atom. The van der Waals surface area contributed by atoms with Gasteiger partial charge in [-0.05, 0) is 31.9 Å². The number of aryl methyl sites for hydroxylation is 1. The van der Waals surface area contributed by atoms with E-state index in [1.165, 1.54) is 4.57 Å². The molecule has 10 heteroatoms. The Kier molecular flexibility index (Phi) is 6.62. The van der Waals surface area contributed by atoms with Crippen LogP contribution in [0.2, 0.25) is 0 Å². The fraction of sp³-hybridized carbons (Fsp3) is 0.391. The topological polar surface area (TPSA) is 103 Å². The average molecular weight is 466 g/mol. The van der Waals surface area contributed by atoms with Gasteiger partial charge < -0.3 is 16.0 Å². The van der Waals surface area contributed by atoms with Gasteiger partial charge in [0.25, 0.3) is 5.56 Å². The number of hydrogen-bond acceptors (Lipinski definition) is 6. The zero-order valence-corrected chi connectivity index (χ0v) is 19.6. The number of nitrogens with two attached hydrogens (primary N) is 1. The van der Waals surface area contributed by atoms with Crippen molar-refractivity contribution in [2.24, 2.45) is 12.8 Å². The van der Waals surface area contributed by atoms with Crippen LogP contribution in [-0.2, 0) is 20.1 Å². The molecule has 0 aliphatic carbocycles. The van der Waals surface area contributed by atoms with Gasteiger partial charge in [0.1, 0.15) is 4.99 Å². The standard InChI is InChI=1S/C23H27N7O2S/c1-3-4-13-29-19-20(26-22(29)28-12-8-9-16(24)14-28)27(2)23(32)30(21(19)31)15-18(33)25-17-10-6-5-7-11-17/h5-7,10-11,16H,8-9,12-15,24H2,1-2H3,(H,25,33). The molecule has 0 amide bonds. The van der Waals surface area contributed by atoms with Crippen LogP contribution in [0.4, 0.5) is 11.6 Å². The van der Waals surface area contributed by atoms with E-state index in [0.29, 0.717) is 28.6 Å². The first-order valence-corrected chi connectivity index (χ1v) is 11.3. The lowest BCUT2D eigenvalue weighted by Crippen LogP contribution is -2.44. The molecule has 0 saturated carbocycles. The first-order chi connectivity index (χ1) is 15.9. The van der Waals surface area contributed by atoms with Gasteiger partial charge in [-0.1, -0.05) is 36.3 Å². The van der Waals surface area contributed by atoms with Crippen LogP contribution in [0.25, 0.3) is 11.2 Å². The summed E-state index contributed by atoms with van der Waals surface area (Å²) in [7, 11) is 1.61. The molecule has 1 aliphatic rings. The minimum Gasteiger partial charge on any atom is -0.349 e. The van der Waals surface area contributed by atoms with Crippen LogP contribution in [0.15, 0.2) is 39.9 Å². The smallest absolute Gasteiger partial charge is 0.332 e. The molecule has 33 heavy (non-hydrogen) atoms. The van der Waals surface area contributed by atoms with Crippen molar-refractivity contribution in [2.45, 2.75) is 38.9 Å². The van der Waals surface area contributed by atoms with Crippen molar-refractivity contribution >= 4 is 40.0 Å². The molecule has 2 aromatic heterocycles. The maximum Gasteiger partial charge on any atom is 0.332 e. The molecule has 0 radical (unpaired) electrons. The molecule has 3 aromatic rings. The van der Waals surface area contributed by atoms with Crippen molar-refractivity contribution in [3.05, 3.63) is 51.2 Å². The molecule has 1 unspecified atom stereocenters. The molecule has 1 aliphatic heterocycles. The number of imidazole rings is 1. The van der Waals surface area contributed by atoms with Crippen molar-refractivity contribution in [3.8, 4) is 11.8 Å². The number of benzene rings is 1. The van der Waals surface area contributed by atoms with Gasteiger partial charge in [-0.2, -0.15) is 4.98 Å². The number of rotatable bonds is 5. The van der Waals surface area contributed by atoms with Crippen molar-refractivity contribution in [1.82, 2.24) is 18.7 Å². The van der Waals surface area contributed by atoms with Gasteiger partial charge >= 0.3 is 5.69 Å². The summed E-state index contributed by atoms with van der Waals surface area (Å²) in [5.41, 5.74) is 6.72. The SMILES string of the molecule is CC#CCn1c(N2CCCC(N)C2)nc2c1c(=O)n(CC(=S)Nc1ccccc1)c(=O)n2C. The lowest BCUT2D eigenvalue weighted by Gasteiger charge is -2.31. The molecule has 3 N–H and O–H groups in total. The minimum atomic E-state index is -0.474. The Balaban J connectivity index is 1.81. The number of nitrogens with zero attached hydrogens (tertiary/aromatic N) is 5. The van der Waals surface area contributed by atoms with Crippen molar-refractivity contribution < 1.29 is 0 Å². The first-order valence-electron chi connectivity index (χ1n) is 10.9. The number of thiocarbonyl (C=S) groups is 1. The molecule has 172 valence electrons. The fourth-order valence-electron chi connectivity index (χ4n) is 4.11. The average Bonchev–Trinajstić information content (AvgIpc) is 3.19. The largest absolute Gasteiger partial charge is 0.349 e. The summed E-state index contributed by atoms with van der Waals surface area (Å²) in [6, 6.07) is 9.42. The van der Waals surface area contributed by atoms with Gasteiger partial charge in [0.05, 0.1) is 13.1 Å². The number of nitrogens with one attached hydrogen (secondary N) is 1. The van der Waals surface area contributed by atoms with Gasteiger partial charge in [-0.3, -0.25) is 18.5 Å². The number of aromatic nitrogens is 4. The second-order valence-electron chi connectivity index (χ2n) is 8.09. The summed E-state index contributed by atoms with van der Waals surface area (Å²) in [4.78, 5) is 33.8. The lowest BCUT2D eigenvalue weighted by atomic mass is 10.1. The van der Waals surface area contributed by atoms with E-state index in [1.807, 2.05) is 30.3 Å². The molecular formula is C23H27N7O2S. The zero-order valence-electron chi connectivity index (χ0n) is 18.7. The highest BCUT2D eigenvalue weighted by Crippen LogP contribution is 2.22. The summed E-state index contributed by atoms with van der Waals surface area (Å²) in [6.07, 6.45) is 1.88. The van der Waals surface area contributed by atoms with Crippen molar-refractivity contribution in [1.29, 1.82) is 0 Å². The number of fused-ring (bicyclic) bond motifs is 1. The van der Waals surface area contributed by atoms with Gasteiger partial charge in [-0.15, -0.1) is 5.92 Å². The maximum absolute atomic E-state index is 13.5. The number of anilines is 2. The summed E-state index contributed by atoms with van der Waals surface area (Å²) >= 11 is 5.44. The molecular weight excluding hydrogens is 438 g/mol. The summed E-state index contributed by atoms with van der Waals surface area (Å²) < 4.78 is 4.32. The molecule has 1 fully saturated rings. The molecule has 1 aromatic carbocycles. The van der Waals surface area contributed by atoms with Crippen LogP contribution in [0.3, 0.4) is 0 Å². The van der Waals surface area contributed by atoms with Crippen molar-refractivity contribution in [2.75, 3.05) is 23.3 Å². The van der Waals surface area contributed by atoms with E-state index in [4.69, 9.17) is 22.9 Å². The first kappa shape index (κ1) is 22.8. The van der Waals surface area contributed by atoms with Crippen LogP contribution in [0.1, 0.15) is 19.8 Å². The lowest BCUT2D eigenvalue weighted by molar-refractivity contribution is 0.496. The van der Waals surface area contributed by atoms with E-state index in [-0.39, 0.29) is 19.1 Å². The van der Waals surface area contributed by atoms with Crippen LogP contribution in [0, 0.1) is 11.8 Å². The molecule has 3 heterocycles. The van der Waals surface area contributed by atoms with Gasteiger partial charge in [0.2, 0.25) is 5.95 Å². The Morgan fingerprint density at radius 3 is 2.73 bits per heavy atom. The predicted octanol–water partition coefficient (Wildman–Crippen LogP) is 1.29. The summed E-state index contributed by atoms with van der Waals surface area (Å²) in [5.74, 6) is 6.52. The van der Waals surface area contributed by atoms with E-state index < -0.39 is 11.2 Å². The molecule has 0 spiro atoms. The molecule has 0 bridgehead atoms. The Bertz CT molecular complexity index is 1360. The van der Waals surface area contributed by atoms with E-state index in [9.17, 15) is 9.59 Å². The van der Waals surface area contributed by atoms with Gasteiger partial charge in [0.15, 0.2) is 11.2 Å². The van der Waals surface area contributed by atoms with Crippen LogP contribution >= 0.6 is 12.2 Å². The molecule has 4 rings (SSSR count). The highest BCUT2D eigenvalue weighted by molar-refractivity contribution is 7.80. The highest BCUT2D eigenvalue weighted by atomic mass is 32.1. The van der Waals surface area contributed by atoms with Crippen LogP contribution < -0.4 is 27.2 Å². The Morgan fingerprint density at radius 1 is 1.27 bits per heavy atom.